The molecule has 0 bridgehead atoms. The molecule has 0 heterocycles. The third-order valence-corrected chi connectivity index (χ3v) is 7.72. The molecule has 0 spiro atoms. The van der Waals surface area contributed by atoms with Crippen molar-refractivity contribution >= 4 is 53.0 Å². The molecule has 37 heavy (non-hydrogen) atoms. The van der Waals surface area contributed by atoms with E-state index >= 15 is 0 Å². The predicted molar refractivity (Wildman–Crippen MR) is 128 cm³/mol. The fourth-order valence-electron chi connectivity index (χ4n) is 3.43. The van der Waals surface area contributed by atoms with E-state index in [0.29, 0.717) is 0 Å². The summed E-state index contributed by atoms with van der Waals surface area (Å²) in [5, 5.41) is 7.98. The molecule has 3 rings (SSSR count). The minimum absolute atomic E-state index is 0. The van der Waals surface area contributed by atoms with Crippen molar-refractivity contribution in [1.82, 2.24) is 0 Å². The van der Waals surface area contributed by atoms with Gasteiger partial charge in [-0.15, -0.1) is 0 Å². The number of benzene rings is 2. The maximum Gasteiger partial charge on any atom is 1.00 e. The molecule has 0 aliphatic heterocycles. The summed E-state index contributed by atoms with van der Waals surface area (Å²) in [6.07, 6.45) is 2.28. The molecular weight excluding hydrogens is 568 g/mol. The van der Waals surface area contributed by atoms with E-state index in [1.165, 1.54) is 25.1 Å². The quantitative estimate of drug-likeness (QED) is 0.112. The minimum atomic E-state index is -4.87. The molecule has 0 radical (unpaired) electrons. The van der Waals surface area contributed by atoms with E-state index in [2.05, 4.69) is 0 Å². The Morgan fingerprint density at radius 3 is 1.49 bits per heavy atom. The van der Waals surface area contributed by atoms with Crippen LogP contribution in [0.4, 0.5) is 11.4 Å². The van der Waals surface area contributed by atoms with Crippen molar-refractivity contribution in [2.45, 2.75) is 16.7 Å². The summed E-state index contributed by atoms with van der Waals surface area (Å²) in [6.45, 7) is 1.39. The molecule has 0 fully saturated rings. The Kier molecular flexibility index (Phi) is 10.8. The molecule has 0 saturated carbocycles. The normalized spacial score (nSPS) is 14.2. The number of nitrogens with one attached hydrogen (secondary N) is 1. The number of allylic oxidation sites excluding steroid dienone is 5. The SMILES string of the molecule is CC1=CC(=C(c2ccc(N)c(S(=O)(=O)O)c2)c2ccc(N)c(S(=O)(=O)O)c2)C=C(S(=O)(=O)O)C1=N.[Na+].[Na+]. The summed E-state index contributed by atoms with van der Waals surface area (Å²) >= 11 is 0. The second-order valence-corrected chi connectivity index (χ2v) is 11.6. The molecule has 0 unspecified atom stereocenters. The van der Waals surface area contributed by atoms with Crippen molar-refractivity contribution in [3.8, 4) is 0 Å². The third kappa shape index (κ3) is 7.40. The second kappa shape index (κ2) is 11.8. The molecule has 12 nitrogen and oxygen atoms in total. The van der Waals surface area contributed by atoms with Gasteiger partial charge in [-0.05, 0) is 71.2 Å². The van der Waals surface area contributed by atoms with Crippen molar-refractivity contribution in [3.05, 3.63) is 75.7 Å². The van der Waals surface area contributed by atoms with Crippen LogP contribution in [0.3, 0.4) is 0 Å². The van der Waals surface area contributed by atoms with E-state index in [0.717, 1.165) is 30.3 Å². The van der Waals surface area contributed by atoms with Crippen molar-refractivity contribution in [1.29, 1.82) is 5.41 Å². The number of hydrogen-bond donors (Lipinski definition) is 6. The van der Waals surface area contributed by atoms with Crippen molar-refractivity contribution < 1.29 is 98.0 Å². The van der Waals surface area contributed by atoms with Gasteiger partial charge in [0.05, 0.1) is 17.1 Å². The van der Waals surface area contributed by atoms with Gasteiger partial charge in [0.1, 0.15) is 14.7 Å². The van der Waals surface area contributed by atoms with Gasteiger partial charge in [0.25, 0.3) is 30.4 Å². The zero-order valence-electron chi connectivity index (χ0n) is 19.8. The molecule has 8 N–H and O–H groups in total. The molecule has 0 amide bonds. The first-order valence-corrected chi connectivity index (χ1v) is 13.7. The summed E-state index contributed by atoms with van der Waals surface area (Å²) in [7, 11) is -14.5. The number of nitrogen functional groups attached to an aromatic ring is 2. The fourth-order valence-corrected chi connectivity index (χ4v) is 5.41. The summed E-state index contributed by atoms with van der Waals surface area (Å²) < 4.78 is 99.7. The topological polar surface area (TPSA) is 239 Å². The molecule has 2 aromatic rings. The standard InChI is InChI=1S/C20H19N3O9S3.2Na/c1-10-6-13(9-18(20(10)23)35(30,31)32)19(11-2-4-14(21)16(7-11)33(24,25)26)12-3-5-15(22)17(8-12)34(27,28)29;;/h2-9,23H,21-22H2,1H3,(H,24,25,26)(H,27,28,29)(H,30,31,32);;/q;2*+1. The van der Waals surface area contributed by atoms with E-state index < -0.39 is 50.8 Å². The number of rotatable bonds is 5. The molecule has 17 heteroatoms. The van der Waals surface area contributed by atoms with E-state index in [1.54, 1.807) is 0 Å². The van der Waals surface area contributed by atoms with Gasteiger partial charge in [0.15, 0.2) is 0 Å². The van der Waals surface area contributed by atoms with Gasteiger partial charge in [-0.1, -0.05) is 12.1 Å². The smallest absolute Gasteiger partial charge is 0.398 e. The third-order valence-electron chi connectivity index (χ3n) is 5.03. The van der Waals surface area contributed by atoms with E-state index in [9.17, 15) is 38.9 Å². The Morgan fingerprint density at radius 2 is 1.14 bits per heavy atom. The van der Waals surface area contributed by atoms with Gasteiger partial charge in [0, 0.05) is 0 Å². The van der Waals surface area contributed by atoms with Crippen LogP contribution in [0.1, 0.15) is 18.1 Å². The van der Waals surface area contributed by atoms with Crippen LogP contribution in [-0.2, 0) is 30.4 Å². The molecular formula is C20H19N3Na2O9S3+2. The summed E-state index contributed by atoms with van der Waals surface area (Å²) in [5.74, 6) is 0. The first-order chi connectivity index (χ1) is 15.9. The zero-order valence-corrected chi connectivity index (χ0v) is 26.2. The average Bonchev–Trinajstić information content (AvgIpc) is 2.70. The number of hydrogen-bond acceptors (Lipinski definition) is 9. The average molecular weight is 588 g/mol. The molecule has 186 valence electrons. The first-order valence-electron chi connectivity index (χ1n) is 9.37. The Labute approximate surface area is 257 Å². The van der Waals surface area contributed by atoms with Crippen LogP contribution < -0.4 is 70.6 Å². The second-order valence-electron chi connectivity index (χ2n) is 7.47. The van der Waals surface area contributed by atoms with Crippen molar-refractivity contribution in [2.75, 3.05) is 11.5 Å². The molecule has 1 aliphatic carbocycles. The predicted octanol–water partition coefficient (Wildman–Crippen LogP) is -4.09. The Bertz CT molecular complexity index is 1630. The van der Waals surface area contributed by atoms with Crippen LogP contribution >= 0.6 is 0 Å². The van der Waals surface area contributed by atoms with Gasteiger partial charge >= 0.3 is 59.1 Å². The van der Waals surface area contributed by atoms with Gasteiger partial charge in [-0.3, -0.25) is 19.1 Å². The molecule has 0 aromatic heterocycles. The van der Waals surface area contributed by atoms with Gasteiger partial charge in [-0.2, -0.15) is 25.3 Å². The molecule has 0 atom stereocenters. The molecule has 0 saturated heterocycles. The van der Waals surface area contributed by atoms with Gasteiger partial charge in [-0.25, -0.2) is 0 Å². The van der Waals surface area contributed by atoms with E-state index in [-0.39, 0.29) is 98.3 Å². The molecule has 1 aliphatic rings. The summed E-state index contributed by atoms with van der Waals surface area (Å²) in [5.41, 5.74) is 10.4. The van der Waals surface area contributed by atoms with Gasteiger partial charge in [0.2, 0.25) is 0 Å². The fraction of sp³-hybridized carbons (Fsp3) is 0.0500. The van der Waals surface area contributed by atoms with Crippen LogP contribution in [0, 0.1) is 5.41 Å². The Morgan fingerprint density at radius 1 is 0.730 bits per heavy atom. The summed E-state index contributed by atoms with van der Waals surface area (Å²) in [6, 6.07) is 6.88. The van der Waals surface area contributed by atoms with Crippen LogP contribution in [0.15, 0.2) is 74.4 Å². The van der Waals surface area contributed by atoms with Crippen LogP contribution in [0.2, 0.25) is 0 Å². The maximum absolute atomic E-state index is 11.9. The van der Waals surface area contributed by atoms with Crippen molar-refractivity contribution in [2.24, 2.45) is 0 Å². The zero-order chi connectivity index (χ0) is 26.5. The first kappa shape index (κ1) is 33.7. The van der Waals surface area contributed by atoms with Crippen molar-refractivity contribution in [3.63, 3.8) is 0 Å². The number of anilines is 2. The van der Waals surface area contributed by atoms with Crippen LogP contribution in [0.25, 0.3) is 5.57 Å². The van der Waals surface area contributed by atoms with E-state index in [4.69, 9.17) is 16.9 Å². The van der Waals surface area contributed by atoms with Gasteiger partial charge < -0.3 is 11.5 Å². The number of nitrogens with two attached hydrogens (primary N) is 2. The maximum atomic E-state index is 11.9. The molecule has 2 aromatic carbocycles. The van der Waals surface area contributed by atoms with Crippen LogP contribution in [-0.4, -0.2) is 44.6 Å². The minimum Gasteiger partial charge on any atom is -0.398 e. The Hall–Kier alpha value is -1.34. The summed E-state index contributed by atoms with van der Waals surface area (Å²) in [4.78, 5) is -2.12. The largest absolute Gasteiger partial charge is 1.00 e. The monoisotopic (exact) mass is 587 g/mol. The Balaban J connectivity index is 0.00000342. The van der Waals surface area contributed by atoms with E-state index in [1.807, 2.05) is 0 Å². The van der Waals surface area contributed by atoms with Crippen LogP contribution in [0.5, 0.6) is 0 Å².